The maximum absolute atomic E-state index is 13.0. The van der Waals surface area contributed by atoms with Crippen molar-refractivity contribution in [3.8, 4) is 0 Å². The van der Waals surface area contributed by atoms with Gasteiger partial charge in [0.25, 0.3) is 0 Å². The summed E-state index contributed by atoms with van der Waals surface area (Å²) in [7, 11) is 1.88. The van der Waals surface area contributed by atoms with E-state index in [1.807, 2.05) is 49.8 Å². The molecule has 0 aliphatic carbocycles. The van der Waals surface area contributed by atoms with Crippen molar-refractivity contribution >= 4 is 23.0 Å². The number of hydrogen-bond donors (Lipinski definition) is 2. The molecule has 0 radical (unpaired) electrons. The largest absolute Gasteiger partial charge is 0.353 e. The van der Waals surface area contributed by atoms with Crippen LogP contribution in [0, 0.1) is 0 Å². The number of aromatic nitrogens is 3. The van der Waals surface area contributed by atoms with Crippen molar-refractivity contribution in [3.05, 3.63) is 66.7 Å². The van der Waals surface area contributed by atoms with Crippen molar-refractivity contribution in [3.63, 3.8) is 0 Å². The highest BCUT2D eigenvalue weighted by Gasteiger charge is 2.28. The molecule has 0 saturated carbocycles. The van der Waals surface area contributed by atoms with E-state index in [0.29, 0.717) is 0 Å². The molecule has 0 bridgehead atoms. The molecule has 1 atom stereocenters. The van der Waals surface area contributed by atoms with Gasteiger partial charge in [-0.05, 0) is 49.2 Å². The summed E-state index contributed by atoms with van der Waals surface area (Å²) in [5.74, 6) is 0.0483. The summed E-state index contributed by atoms with van der Waals surface area (Å²) in [6.07, 6.45) is 10.4. The molecule has 3 heterocycles. The van der Waals surface area contributed by atoms with Gasteiger partial charge in [-0.3, -0.25) is 19.4 Å². The molecular formula is C22H26N6O. The summed E-state index contributed by atoms with van der Waals surface area (Å²) in [5.41, 5.74) is 3.74. The van der Waals surface area contributed by atoms with Crippen molar-refractivity contribution in [2.45, 2.75) is 31.8 Å². The summed E-state index contributed by atoms with van der Waals surface area (Å²) in [6.45, 7) is 1.67. The Bertz CT molecular complexity index is 955. The first kappa shape index (κ1) is 19.1. The van der Waals surface area contributed by atoms with Crippen LogP contribution < -0.4 is 10.6 Å². The van der Waals surface area contributed by atoms with Crippen LogP contribution in [0.25, 0.3) is 0 Å². The highest BCUT2D eigenvalue weighted by atomic mass is 16.2. The van der Waals surface area contributed by atoms with Gasteiger partial charge in [-0.25, -0.2) is 0 Å². The molecule has 1 amide bonds. The van der Waals surface area contributed by atoms with Gasteiger partial charge in [-0.2, -0.15) is 5.10 Å². The van der Waals surface area contributed by atoms with Gasteiger partial charge in [0, 0.05) is 43.6 Å². The fourth-order valence-electron chi connectivity index (χ4n) is 3.76. The quantitative estimate of drug-likeness (QED) is 0.673. The Kier molecular flexibility index (Phi) is 5.86. The number of pyridine rings is 1. The van der Waals surface area contributed by atoms with Crippen LogP contribution in [0.3, 0.4) is 0 Å². The van der Waals surface area contributed by atoms with Crippen LogP contribution in [-0.2, 0) is 18.4 Å². The Balaban J connectivity index is 1.42. The molecule has 2 aromatic heterocycles. The second kappa shape index (κ2) is 8.87. The van der Waals surface area contributed by atoms with Crippen LogP contribution in [-0.4, -0.2) is 38.2 Å². The molecule has 1 fully saturated rings. The van der Waals surface area contributed by atoms with E-state index < -0.39 is 0 Å². The van der Waals surface area contributed by atoms with Gasteiger partial charge in [0.05, 0.1) is 17.9 Å². The molecule has 1 saturated heterocycles. The van der Waals surface area contributed by atoms with E-state index in [9.17, 15) is 4.79 Å². The van der Waals surface area contributed by atoms with Gasteiger partial charge in [-0.1, -0.05) is 18.6 Å². The number of nitrogens with one attached hydrogen (secondary N) is 2. The second-order valence-corrected chi connectivity index (χ2v) is 7.44. The SMILES string of the molecule is Cn1cc(Nc2cccc(NC(=O)[C@@H]3CCCCN3Cc3cccnc3)c2)cn1. The number of carbonyl (C=O) groups is 1. The standard InChI is InChI=1S/C22H26N6O/c1-27-16-20(14-24-27)25-18-7-4-8-19(12-18)26-22(29)21-9-2-3-11-28(21)15-17-6-5-10-23-13-17/h4-8,10,12-14,16,21,25H,2-3,9,11,15H2,1H3,(H,26,29)/t21-/m0/s1. The number of nitrogens with zero attached hydrogens (tertiary/aromatic N) is 4. The predicted molar refractivity (Wildman–Crippen MR) is 114 cm³/mol. The second-order valence-electron chi connectivity index (χ2n) is 7.44. The van der Waals surface area contributed by atoms with Gasteiger partial charge in [0.2, 0.25) is 5.91 Å². The maximum atomic E-state index is 13.0. The molecule has 150 valence electrons. The predicted octanol–water partition coefficient (Wildman–Crippen LogP) is 3.55. The average molecular weight is 390 g/mol. The number of hydrogen-bond acceptors (Lipinski definition) is 5. The van der Waals surface area contributed by atoms with Crippen LogP contribution in [0.15, 0.2) is 61.2 Å². The molecular weight excluding hydrogens is 364 g/mol. The Morgan fingerprint density at radius 1 is 1.14 bits per heavy atom. The summed E-state index contributed by atoms with van der Waals surface area (Å²) in [6, 6.07) is 11.6. The third kappa shape index (κ3) is 5.00. The Labute approximate surface area is 170 Å². The van der Waals surface area contributed by atoms with Gasteiger partial charge in [0.1, 0.15) is 0 Å². The monoisotopic (exact) mass is 390 g/mol. The fraction of sp³-hybridized carbons (Fsp3) is 0.318. The number of carbonyl (C=O) groups excluding carboxylic acids is 1. The average Bonchev–Trinajstić information content (AvgIpc) is 3.14. The lowest BCUT2D eigenvalue weighted by Gasteiger charge is -2.34. The minimum atomic E-state index is -0.126. The van der Waals surface area contributed by atoms with E-state index in [4.69, 9.17) is 0 Å². The first-order valence-electron chi connectivity index (χ1n) is 9.97. The molecule has 3 aromatic rings. The summed E-state index contributed by atoms with van der Waals surface area (Å²) in [4.78, 5) is 19.5. The highest BCUT2D eigenvalue weighted by molar-refractivity contribution is 5.95. The minimum Gasteiger partial charge on any atom is -0.353 e. The smallest absolute Gasteiger partial charge is 0.241 e. The van der Waals surface area contributed by atoms with Gasteiger partial charge in [0.15, 0.2) is 0 Å². The first-order valence-corrected chi connectivity index (χ1v) is 9.97. The highest BCUT2D eigenvalue weighted by Crippen LogP contribution is 2.23. The number of benzene rings is 1. The van der Waals surface area contributed by atoms with Crippen molar-refractivity contribution in [2.24, 2.45) is 7.05 Å². The topological polar surface area (TPSA) is 75.1 Å². The van der Waals surface area contributed by atoms with Crippen LogP contribution in [0.5, 0.6) is 0 Å². The number of likely N-dealkylation sites (tertiary alicyclic amines) is 1. The molecule has 2 N–H and O–H groups in total. The van der Waals surface area contributed by atoms with Crippen molar-refractivity contribution < 1.29 is 4.79 Å². The van der Waals surface area contributed by atoms with E-state index >= 15 is 0 Å². The lowest BCUT2D eigenvalue weighted by atomic mass is 10.0. The van der Waals surface area contributed by atoms with Crippen molar-refractivity contribution in [1.29, 1.82) is 0 Å². The van der Waals surface area contributed by atoms with E-state index in [1.165, 1.54) is 0 Å². The zero-order chi connectivity index (χ0) is 20.1. The molecule has 7 nitrogen and oxygen atoms in total. The minimum absolute atomic E-state index is 0.0483. The van der Waals surface area contributed by atoms with E-state index in [1.54, 1.807) is 17.1 Å². The molecule has 1 aliphatic rings. The van der Waals surface area contributed by atoms with Crippen LogP contribution in [0.1, 0.15) is 24.8 Å². The molecule has 4 rings (SSSR count). The third-order valence-electron chi connectivity index (χ3n) is 5.15. The normalized spacial score (nSPS) is 17.1. The summed E-state index contributed by atoms with van der Waals surface area (Å²) < 4.78 is 1.74. The van der Waals surface area contributed by atoms with E-state index in [-0.39, 0.29) is 11.9 Å². The number of rotatable bonds is 6. The van der Waals surface area contributed by atoms with E-state index in [2.05, 4.69) is 31.7 Å². The molecule has 1 aromatic carbocycles. The zero-order valence-electron chi connectivity index (χ0n) is 16.6. The van der Waals surface area contributed by atoms with Crippen LogP contribution >= 0.6 is 0 Å². The molecule has 0 unspecified atom stereocenters. The molecule has 7 heteroatoms. The molecule has 29 heavy (non-hydrogen) atoms. The third-order valence-corrected chi connectivity index (χ3v) is 5.15. The molecule has 1 aliphatic heterocycles. The van der Waals surface area contributed by atoms with Crippen LogP contribution in [0.4, 0.5) is 17.1 Å². The van der Waals surface area contributed by atoms with Crippen molar-refractivity contribution in [1.82, 2.24) is 19.7 Å². The Hall–Kier alpha value is -3.19. The fourth-order valence-corrected chi connectivity index (χ4v) is 3.76. The number of piperidine rings is 1. The molecule has 0 spiro atoms. The number of aryl methyl sites for hydroxylation is 1. The Morgan fingerprint density at radius 3 is 2.83 bits per heavy atom. The van der Waals surface area contributed by atoms with Crippen molar-refractivity contribution in [2.75, 3.05) is 17.2 Å². The summed E-state index contributed by atoms with van der Waals surface area (Å²) in [5, 5.41) is 10.6. The van der Waals surface area contributed by atoms with Crippen LogP contribution in [0.2, 0.25) is 0 Å². The van der Waals surface area contributed by atoms with Gasteiger partial charge >= 0.3 is 0 Å². The maximum Gasteiger partial charge on any atom is 0.241 e. The zero-order valence-corrected chi connectivity index (χ0v) is 16.6. The summed E-state index contributed by atoms with van der Waals surface area (Å²) >= 11 is 0. The lowest BCUT2D eigenvalue weighted by molar-refractivity contribution is -0.122. The van der Waals surface area contributed by atoms with E-state index in [0.717, 1.165) is 55.0 Å². The lowest BCUT2D eigenvalue weighted by Crippen LogP contribution is -2.46. The number of amides is 1. The van der Waals surface area contributed by atoms with Gasteiger partial charge < -0.3 is 10.6 Å². The van der Waals surface area contributed by atoms with Gasteiger partial charge in [-0.15, -0.1) is 0 Å². The Morgan fingerprint density at radius 2 is 2.03 bits per heavy atom. The first-order chi connectivity index (χ1) is 14.2. The number of anilines is 3.